The number of ether oxygens (including phenoxy) is 2. The van der Waals surface area contributed by atoms with Crippen LogP contribution in [0.25, 0.3) is 0 Å². The van der Waals surface area contributed by atoms with Gasteiger partial charge in [0, 0.05) is 30.1 Å². The Labute approximate surface area is 131 Å². The van der Waals surface area contributed by atoms with E-state index in [1.807, 2.05) is 0 Å². The average molecular weight is 321 g/mol. The van der Waals surface area contributed by atoms with Crippen molar-refractivity contribution in [1.29, 1.82) is 0 Å². The van der Waals surface area contributed by atoms with Crippen LogP contribution in [0.4, 0.5) is 10.2 Å². The molecule has 4 aliphatic rings. The van der Waals surface area contributed by atoms with E-state index in [4.69, 9.17) is 9.47 Å². The molecule has 4 fully saturated rings. The Bertz CT molecular complexity index is 683. The lowest BCUT2D eigenvalue weighted by Gasteiger charge is -2.39. The fourth-order valence-corrected chi connectivity index (χ4v) is 3.22. The second kappa shape index (κ2) is 4.95. The number of hydrogen-bond acceptors (Lipinski definition) is 6. The molecule has 0 N–H and O–H groups in total. The maximum atomic E-state index is 12.9. The van der Waals surface area contributed by atoms with Crippen LogP contribution < -0.4 is 4.74 Å². The molecular formula is C15H16FN3O4. The molecule has 2 aliphatic heterocycles. The van der Waals surface area contributed by atoms with E-state index in [9.17, 15) is 14.5 Å². The van der Waals surface area contributed by atoms with Gasteiger partial charge >= 0.3 is 11.7 Å². The molecule has 23 heavy (non-hydrogen) atoms. The minimum atomic E-state index is -0.677. The number of halogens is 1. The number of aromatic nitrogens is 1. The first-order chi connectivity index (χ1) is 11.0. The van der Waals surface area contributed by atoms with Gasteiger partial charge in [-0.1, -0.05) is 0 Å². The molecule has 0 aromatic carbocycles. The van der Waals surface area contributed by atoms with E-state index in [0.717, 1.165) is 12.8 Å². The van der Waals surface area contributed by atoms with Crippen LogP contribution in [-0.2, 0) is 4.74 Å². The molecule has 0 radical (unpaired) electrons. The van der Waals surface area contributed by atoms with Gasteiger partial charge in [-0.3, -0.25) is 4.99 Å². The van der Waals surface area contributed by atoms with Gasteiger partial charge in [0.25, 0.3) is 0 Å². The number of rotatable bonds is 6. The molecule has 0 spiro atoms. The highest BCUT2D eigenvalue weighted by atomic mass is 19.1. The van der Waals surface area contributed by atoms with Crippen molar-refractivity contribution in [2.24, 2.45) is 4.99 Å². The van der Waals surface area contributed by atoms with Crippen LogP contribution >= 0.6 is 0 Å². The molecule has 0 unspecified atom stereocenters. The molecule has 0 atom stereocenters. The Balaban J connectivity index is 1.54. The topological polar surface area (TPSA) is 86.9 Å². The van der Waals surface area contributed by atoms with Gasteiger partial charge in [-0.25, -0.2) is 4.39 Å². The van der Waals surface area contributed by atoms with E-state index in [1.54, 1.807) is 12.1 Å². The highest BCUT2D eigenvalue weighted by Crippen LogP contribution is 2.54. The smallest absolute Gasteiger partial charge is 0.376 e. The average Bonchev–Trinajstić information content (AvgIpc) is 3.14. The standard InChI is InChI=1S/C15H16FN3O4/c16-8-15-6-14(7-15,9-22-15)17-5-10-1-4-12(23-11-2-3-11)18-13(10)19(20)21/h1,4-5,11H,2-3,6-9H2. The molecule has 0 amide bonds. The Kier molecular flexibility index (Phi) is 3.12. The van der Waals surface area contributed by atoms with Gasteiger partial charge in [-0.2, -0.15) is 0 Å². The molecular weight excluding hydrogens is 305 g/mol. The predicted octanol–water partition coefficient (Wildman–Crippen LogP) is 2.22. The molecule has 122 valence electrons. The van der Waals surface area contributed by atoms with Crippen molar-refractivity contribution in [1.82, 2.24) is 4.98 Å². The summed E-state index contributed by atoms with van der Waals surface area (Å²) < 4.78 is 23.8. The minimum Gasteiger partial charge on any atom is -0.456 e. The third-order valence-electron chi connectivity index (χ3n) is 4.54. The van der Waals surface area contributed by atoms with E-state index < -0.39 is 22.7 Å². The van der Waals surface area contributed by atoms with E-state index in [1.165, 1.54) is 6.21 Å². The molecule has 7 nitrogen and oxygen atoms in total. The zero-order valence-electron chi connectivity index (χ0n) is 12.4. The largest absolute Gasteiger partial charge is 0.456 e. The Morgan fingerprint density at radius 3 is 2.91 bits per heavy atom. The highest BCUT2D eigenvalue weighted by molar-refractivity contribution is 5.84. The second-order valence-electron chi connectivity index (χ2n) is 6.58. The van der Waals surface area contributed by atoms with E-state index in [0.29, 0.717) is 25.0 Å². The van der Waals surface area contributed by atoms with Crippen LogP contribution in [0.1, 0.15) is 31.2 Å². The first-order valence-corrected chi connectivity index (χ1v) is 7.60. The molecule has 3 heterocycles. The van der Waals surface area contributed by atoms with Crippen molar-refractivity contribution in [2.45, 2.75) is 42.9 Å². The van der Waals surface area contributed by atoms with Crippen LogP contribution in [0.3, 0.4) is 0 Å². The van der Waals surface area contributed by atoms with Gasteiger partial charge in [-0.15, -0.1) is 0 Å². The van der Waals surface area contributed by atoms with Crippen molar-refractivity contribution < 1.29 is 18.8 Å². The number of fused-ring (bicyclic) bond motifs is 1. The summed E-state index contributed by atoms with van der Waals surface area (Å²) >= 11 is 0. The van der Waals surface area contributed by atoms with Gasteiger partial charge in [0.2, 0.25) is 0 Å². The molecule has 8 heteroatoms. The quantitative estimate of drug-likeness (QED) is 0.455. The summed E-state index contributed by atoms with van der Waals surface area (Å²) in [5.74, 6) is -0.0166. The van der Waals surface area contributed by atoms with Gasteiger partial charge in [0.1, 0.15) is 18.4 Å². The van der Waals surface area contributed by atoms with Crippen LogP contribution in [0.15, 0.2) is 17.1 Å². The van der Waals surface area contributed by atoms with E-state index >= 15 is 0 Å². The van der Waals surface area contributed by atoms with E-state index in [-0.39, 0.29) is 17.8 Å². The molecule has 2 aliphatic carbocycles. The summed E-state index contributed by atoms with van der Waals surface area (Å²) in [5, 5.41) is 11.2. The lowest BCUT2D eigenvalue weighted by molar-refractivity contribution is -0.389. The molecule has 2 bridgehead atoms. The molecule has 2 saturated heterocycles. The van der Waals surface area contributed by atoms with Crippen LogP contribution in [0.2, 0.25) is 0 Å². The summed E-state index contributed by atoms with van der Waals surface area (Å²) in [7, 11) is 0. The minimum absolute atomic E-state index is 0.125. The van der Waals surface area contributed by atoms with Gasteiger partial charge in [-0.05, 0) is 23.8 Å². The lowest BCUT2D eigenvalue weighted by atomic mass is 9.69. The maximum Gasteiger partial charge on any atom is 0.376 e. The zero-order valence-corrected chi connectivity index (χ0v) is 12.4. The van der Waals surface area contributed by atoms with Crippen molar-refractivity contribution in [3.8, 4) is 5.88 Å². The van der Waals surface area contributed by atoms with Crippen LogP contribution in [-0.4, -0.2) is 46.6 Å². The van der Waals surface area contributed by atoms with Crippen molar-refractivity contribution in [2.75, 3.05) is 13.3 Å². The summed E-state index contributed by atoms with van der Waals surface area (Å²) in [6.07, 6.45) is 4.53. The summed E-state index contributed by atoms with van der Waals surface area (Å²) in [4.78, 5) is 19.1. The second-order valence-corrected chi connectivity index (χ2v) is 6.58. The van der Waals surface area contributed by atoms with Crippen LogP contribution in [0.5, 0.6) is 5.88 Å². The number of pyridine rings is 1. The summed E-state index contributed by atoms with van der Waals surface area (Å²) in [5.41, 5.74) is -0.802. The maximum absolute atomic E-state index is 12.9. The summed E-state index contributed by atoms with van der Waals surface area (Å²) in [6, 6.07) is 3.20. The number of nitro groups is 1. The Morgan fingerprint density at radius 1 is 1.52 bits per heavy atom. The third kappa shape index (κ3) is 2.56. The van der Waals surface area contributed by atoms with Gasteiger partial charge < -0.3 is 19.6 Å². The van der Waals surface area contributed by atoms with E-state index in [2.05, 4.69) is 9.98 Å². The SMILES string of the molecule is O=[N+]([O-])c1nc(OC2CC2)ccc1C=NC12COC(CF)(C1)C2. The number of nitrogens with zero attached hydrogens (tertiary/aromatic N) is 3. The van der Waals surface area contributed by atoms with Crippen molar-refractivity contribution in [3.05, 3.63) is 27.8 Å². The zero-order chi connectivity index (χ0) is 16.1. The first-order valence-electron chi connectivity index (χ1n) is 7.60. The third-order valence-corrected chi connectivity index (χ3v) is 4.54. The lowest BCUT2D eigenvalue weighted by Crippen LogP contribution is -2.49. The molecule has 1 aromatic heterocycles. The fraction of sp³-hybridized carbons (Fsp3) is 0.600. The molecule has 5 rings (SSSR count). The monoisotopic (exact) mass is 321 g/mol. The number of aliphatic imine (C=N–C) groups is 1. The van der Waals surface area contributed by atoms with Crippen LogP contribution in [0, 0.1) is 10.1 Å². The number of hydrogen-bond donors (Lipinski definition) is 0. The molecule has 2 saturated carbocycles. The van der Waals surface area contributed by atoms with Gasteiger partial charge in [0.05, 0.1) is 17.7 Å². The number of alkyl halides is 1. The Morgan fingerprint density at radius 2 is 2.30 bits per heavy atom. The van der Waals surface area contributed by atoms with Gasteiger partial charge in [0.15, 0.2) is 0 Å². The fourth-order valence-electron chi connectivity index (χ4n) is 3.22. The Hall–Kier alpha value is -2.09. The summed E-state index contributed by atoms with van der Waals surface area (Å²) in [6.45, 7) is -0.156. The predicted molar refractivity (Wildman–Crippen MR) is 78.8 cm³/mol. The normalized spacial score (nSPS) is 32.0. The molecule has 1 aromatic rings. The van der Waals surface area contributed by atoms with Crippen molar-refractivity contribution >= 4 is 12.0 Å². The highest BCUT2D eigenvalue weighted by Gasteiger charge is 2.62. The van der Waals surface area contributed by atoms with Crippen molar-refractivity contribution in [3.63, 3.8) is 0 Å². The first kappa shape index (κ1) is 14.5.